The second kappa shape index (κ2) is 6.97. The minimum absolute atomic E-state index is 0.110. The molecule has 1 heterocycles. The van der Waals surface area contributed by atoms with Gasteiger partial charge in [0, 0.05) is 0 Å². The number of hydrazone groups is 1. The zero-order valence-corrected chi connectivity index (χ0v) is 14.7. The quantitative estimate of drug-likeness (QED) is 0.690. The molecule has 1 atom stereocenters. The van der Waals surface area contributed by atoms with Gasteiger partial charge in [0.1, 0.15) is 6.61 Å². The molecule has 1 N–H and O–H groups in total. The predicted octanol–water partition coefficient (Wildman–Crippen LogP) is 3.27. The molecule has 0 unspecified atom stereocenters. The van der Waals surface area contributed by atoms with Crippen LogP contribution >= 0.6 is 0 Å². The Labute approximate surface area is 147 Å². The number of nitrogens with one attached hydrogen (secondary N) is 1. The summed E-state index contributed by atoms with van der Waals surface area (Å²) in [5.41, 5.74) is 4.78. The minimum atomic E-state index is -0.713. The third kappa shape index (κ3) is 4.18. The van der Waals surface area contributed by atoms with Crippen LogP contribution in [0.5, 0.6) is 11.5 Å². The first-order valence-electron chi connectivity index (χ1n) is 8.25. The van der Waals surface area contributed by atoms with E-state index in [0.29, 0.717) is 11.5 Å². The highest BCUT2D eigenvalue weighted by Gasteiger charge is 2.26. The second-order valence-corrected chi connectivity index (χ2v) is 6.97. The van der Waals surface area contributed by atoms with E-state index in [2.05, 4.69) is 43.4 Å². The van der Waals surface area contributed by atoms with Crippen LogP contribution in [0.3, 0.4) is 0 Å². The molecule has 0 saturated heterocycles. The largest absolute Gasteiger partial charge is 0.485 e. The molecule has 2 aromatic carbocycles. The Hall–Kier alpha value is -2.82. The molecule has 1 aliphatic rings. The predicted molar refractivity (Wildman–Crippen MR) is 97.2 cm³/mol. The summed E-state index contributed by atoms with van der Waals surface area (Å²) in [6.07, 6.45) is 0.900. The van der Waals surface area contributed by atoms with E-state index in [1.165, 1.54) is 5.56 Å². The van der Waals surface area contributed by atoms with Crippen LogP contribution in [-0.2, 0) is 10.2 Å². The van der Waals surface area contributed by atoms with Gasteiger partial charge in [0.25, 0.3) is 5.91 Å². The van der Waals surface area contributed by atoms with Gasteiger partial charge in [-0.1, -0.05) is 57.2 Å². The number of amides is 1. The first-order chi connectivity index (χ1) is 11.9. The summed E-state index contributed by atoms with van der Waals surface area (Å²) >= 11 is 0. The summed E-state index contributed by atoms with van der Waals surface area (Å²) in [7, 11) is 0. The van der Waals surface area contributed by atoms with Gasteiger partial charge in [0.2, 0.25) is 6.10 Å². The van der Waals surface area contributed by atoms with Gasteiger partial charge in [-0.05, 0) is 28.7 Å². The number of hydrogen-bond acceptors (Lipinski definition) is 4. The number of carbonyl (C=O) groups is 1. The van der Waals surface area contributed by atoms with Crippen LogP contribution in [-0.4, -0.2) is 24.8 Å². The average molecular weight is 338 g/mol. The van der Waals surface area contributed by atoms with Crippen molar-refractivity contribution < 1.29 is 14.3 Å². The fourth-order valence-electron chi connectivity index (χ4n) is 2.46. The summed E-state index contributed by atoms with van der Waals surface area (Å²) < 4.78 is 11.2. The highest BCUT2D eigenvalue weighted by Crippen LogP contribution is 2.30. The number of fused-ring (bicyclic) bond motifs is 1. The van der Waals surface area contributed by atoms with Gasteiger partial charge in [-0.3, -0.25) is 4.79 Å². The van der Waals surface area contributed by atoms with E-state index in [-0.39, 0.29) is 17.9 Å². The molecular formula is C20H22N2O3. The van der Waals surface area contributed by atoms with E-state index >= 15 is 0 Å². The van der Waals surface area contributed by atoms with Crippen LogP contribution in [0.2, 0.25) is 0 Å². The number of benzene rings is 2. The molecule has 2 aromatic rings. The first-order valence-corrected chi connectivity index (χ1v) is 8.25. The van der Waals surface area contributed by atoms with Gasteiger partial charge < -0.3 is 9.47 Å². The molecule has 5 nitrogen and oxygen atoms in total. The Morgan fingerprint density at radius 3 is 2.48 bits per heavy atom. The molecule has 0 fully saturated rings. The Morgan fingerprint density at radius 2 is 1.80 bits per heavy atom. The van der Waals surface area contributed by atoms with Gasteiger partial charge in [-0.2, -0.15) is 5.10 Å². The zero-order valence-electron chi connectivity index (χ0n) is 14.7. The van der Waals surface area contributed by atoms with Crippen molar-refractivity contribution in [3.63, 3.8) is 0 Å². The maximum absolute atomic E-state index is 12.2. The topological polar surface area (TPSA) is 59.9 Å². The normalized spacial score (nSPS) is 16.7. The molecule has 25 heavy (non-hydrogen) atoms. The van der Waals surface area contributed by atoms with Crippen molar-refractivity contribution in [3.05, 3.63) is 59.7 Å². The van der Waals surface area contributed by atoms with Crippen molar-refractivity contribution >= 4 is 12.1 Å². The molecule has 1 aliphatic heterocycles. The smallest absolute Gasteiger partial charge is 0.284 e. The van der Waals surface area contributed by atoms with Crippen LogP contribution in [0.1, 0.15) is 31.9 Å². The number of carbonyl (C=O) groups excluding carboxylic acids is 1. The van der Waals surface area contributed by atoms with E-state index < -0.39 is 6.10 Å². The van der Waals surface area contributed by atoms with Gasteiger partial charge in [-0.15, -0.1) is 0 Å². The number of rotatable bonds is 3. The van der Waals surface area contributed by atoms with Crippen molar-refractivity contribution in [1.29, 1.82) is 0 Å². The molecule has 0 bridgehead atoms. The average Bonchev–Trinajstić information content (AvgIpc) is 2.61. The lowest BCUT2D eigenvalue weighted by Crippen LogP contribution is -2.42. The van der Waals surface area contributed by atoms with Gasteiger partial charge in [-0.25, -0.2) is 5.43 Å². The van der Waals surface area contributed by atoms with Crippen LogP contribution in [0.4, 0.5) is 0 Å². The zero-order chi connectivity index (χ0) is 17.9. The summed E-state index contributed by atoms with van der Waals surface area (Å²) in [6.45, 7) is 6.67. The fourth-order valence-corrected chi connectivity index (χ4v) is 2.46. The first kappa shape index (κ1) is 17.0. The van der Waals surface area contributed by atoms with Crippen LogP contribution in [0, 0.1) is 0 Å². The molecule has 130 valence electrons. The molecule has 0 aromatic heterocycles. The maximum atomic E-state index is 12.2. The van der Waals surface area contributed by atoms with E-state index in [0.717, 1.165) is 5.56 Å². The highest BCUT2D eigenvalue weighted by atomic mass is 16.6. The number of para-hydroxylation sites is 2. The fraction of sp³-hybridized carbons (Fsp3) is 0.300. The molecule has 1 amide bonds. The number of nitrogens with zero attached hydrogens (tertiary/aromatic N) is 1. The van der Waals surface area contributed by atoms with Gasteiger partial charge >= 0.3 is 0 Å². The molecule has 5 heteroatoms. The lowest BCUT2D eigenvalue weighted by atomic mass is 9.87. The molecule has 0 radical (unpaired) electrons. The van der Waals surface area contributed by atoms with Crippen molar-refractivity contribution in [2.75, 3.05) is 6.61 Å². The number of hydrogen-bond donors (Lipinski definition) is 1. The van der Waals surface area contributed by atoms with E-state index in [9.17, 15) is 4.79 Å². The molecule has 0 spiro atoms. The Kier molecular flexibility index (Phi) is 4.74. The summed E-state index contributed by atoms with van der Waals surface area (Å²) in [6, 6.07) is 15.4. The maximum Gasteiger partial charge on any atom is 0.284 e. The third-order valence-electron chi connectivity index (χ3n) is 3.97. The van der Waals surface area contributed by atoms with E-state index in [1.807, 2.05) is 30.3 Å². The lowest BCUT2D eigenvalue weighted by molar-refractivity contribution is -0.130. The van der Waals surface area contributed by atoms with Crippen LogP contribution in [0.15, 0.2) is 53.6 Å². The summed E-state index contributed by atoms with van der Waals surface area (Å²) in [4.78, 5) is 12.2. The minimum Gasteiger partial charge on any atom is -0.485 e. The Bertz CT molecular complexity index is 776. The van der Waals surface area contributed by atoms with E-state index in [4.69, 9.17) is 9.47 Å². The Balaban J connectivity index is 1.56. The monoisotopic (exact) mass is 338 g/mol. The summed E-state index contributed by atoms with van der Waals surface area (Å²) in [5.74, 6) is 0.877. The number of ether oxygens (including phenoxy) is 2. The van der Waals surface area contributed by atoms with Crippen LogP contribution < -0.4 is 14.9 Å². The molecule has 3 rings (SSSR count). The Morgan fingerprint density at radius 1 is 1.12 bits per heavy atom. The molecule has 0 aliphatic carbocycles. The van der Waals surface area contributed by atoms with Crippen molar-refractivity contribution in [3.8, 4) is 11.5 Å². The van der Waals surface area contributed by atoms with Gasteiger partial charge in [0.05, 0.1) is 6.21 Å². The van der Waals surface area contributed by atoms with Crippen molar-refractivity contribution in [2.45, 2.75) is 32.3 Å². The van der Waals surface area contributed by atoms with Crippen molar-refractivity contribution in [2.24, 2.45) is 5.10 Å². The van der Waals surface area contributed by atoms with E-state index in [1.54, 1.807) is 12.3 Å². The standard InChI is InChI=1S/C20H22N2O3/c1-20(2,3)15-10-8-14(9-11-15)12-21-22-19(23)18-13-24-16-6-4-5-7-17(16)25-18/h4-12,18H,13H2,1-3H3,(H,22,23)/t18-/m0/s1. The highest BCUT2D eigenvalue weighted by molar-refractivity contribution is 5.85. The van der Waals surface area contributed by atoms with Crippen LogP contribution in [0.25, 0.3) is 0 Å². The lowest BCUT2D eigenvalue weighted by Gasteiger charge is -2.24. The van der Waals surface area contributed by atoms with Crippen molar-refractivity contribution in [1.82, 2.24) is 5.43 Å². The summed E-state index contributed by atoms with van der Waals surface area (Å²) in [5, 5.41) is 4.00. The SMILES string of the molecule is CC(C)(C)c1ccc(C=NNC(=O)[C@@H]2COc3ccccc3O2)cc1. The third-order valence-corrected chi connectivity index (χ3v) is 3.97. The molecular weight excluding hydrogens is 316 g/mol. The molecule has 0 saturated carbocycles. The van der Waals surface area contributed by atoms with Gasteiger partial charge in [0.15, 0.2) is 11.5 Å². The second-order valence-electron chi connectivity index (χ2n) is 6.97.